The zero-order valence-corrected chi connectivity index (χ0v) is 49.1. The summed E-state index contributed by atoms with van der Waals surface area (Å²) in [5, 5.41) is 10.9. The van der Waals surface area contributed by atoms with E-state index in [9.17, 15) is 14.4 Å². The smallest absolute Gasteiger partial charge is 0.497 e. The number of Topliss-reactive ketones (excluding diaryl/α,β-unsaturated/α-hetero) is 2. The number of methoxy groups -OCH3 is 2. The zero-order valence-electron chi connectivity index (χ0n) is 47.6. The van der Waals surface area contributed by atoms with Gasteiger partial charge in [-0.05, 0) is 160 Å². The monoisotopic (exact) mass is 1120 g/mol. The van der Waals surface area contributed by atoms with Crippen molar-refractivity contribution in [1.29, 1.82) is 0 Å². The van der Waals surface area contributed by atoms with Crippen LogP contribution in [0.5, 0.6) is 23.0 Å². The number of carbonyl (C=O) groups is 3. The number of ketones is 2. The van der Waals surface area contributed by atoms with E-state index < -0.39 is 30.0 Å². The maximum absolute atomic E-state index is 13.2. The summed E-state index contributed by atoms with van der Waals surface area (Å²) in [6.45, 7) is 20.0. The van der Waals surface area contributed by atoms with Gasteiger partial charge in [-0.3, -0.25) is 14.7 Å². The summed E-state index contributed by atoms with van der Waals surface area (Å²) in [4.78, 5) is 42.1. The van der Waals surface area contributed by atoms with Crippen molar-refractivity contribution in [3.8, 4) is 34.1 Å². The van der Waals surface area contributed by atoms with Crippen molar-refractivity contribution in [3.05, 3.63) is 136 Å². The molecule has 7 rings (SSSR count). The Morgan fingerprint density at radius 3 is 1.69 bits per heavy atom. The second-order valence-corrected chi connectivity index (χ2v) is 22.5. The van der Waals surface area contributed by atoms with E-state index in [1.54, 1.807) is 32.8 Å². The van der Waals surface area contributed by atoms with Crippen LogP contribution >= 0.6 is 15.9 Å². The molecular formula is C59H78BBrN6O10. The average molecular weight is 1120 g/mol. The van der Waals surface area contributed by atoms with Crippen LogP contribution in [0.4, 0.5) is 4.79 Å². The first kappa shape index (κ1) is 61.5. The van der Waals surface area contributed by atoms with Crippen LogP contribution in [-0.4, -0.2) is 140 Å². The number of aromatic amines is 1. The molecule has 1 fully saturated rings. The summed E-state index contributed by atoms with van der Waals surface area (Å²) < 4.78 is 41.6. The van der Waals surface area contributed by atoms with Crippen LogP contribution in [0, 0.1) is 0 Å². The van der Waals surface area contributed by atoms with Gasteiger partial charge in [0.2, 0.25) is 0 Å². The van der Waals surface area contributed by atoms with E-state index in [4.69, 9.17) is 33.0 Å². The zero-order chi connectivity index (χ0) is 56.7. The van der Waals surface area contributed by atoms with Gasteiger partial charge in [0, 0.05) is 60.0 Å². The van der Waals surface area contributed by atoms with E-state index in [-0.39, 0.29) is 23.4 Å². The van der Waals surface area contributed by atoms with Crippen molar-refractivity contribution in [2.45, 2.75) is 104 Å². The number of ether oxygens (including phenoxy) is 5. The number of carbonyl (C=O) groups excluding carboxylic acids is 3. The first-order valence-electron chi connectivity index (χ1n) is 25.7. The van der Waals surface area contributed by atoms with Crippen molar-refractivity contribution < 1.29 is 47.4 Å². The van der Waals surface area contributed by atoms with Gasteiger partial charge in [-0.15, -0.1) is 0 Å². The topological polar surface area (TPSA) is 169 Å². The van der Waals surface area contributed by atoms with Gasteiger partial charge >= 0.3 is 13.2 Å². The highest BCUT2D eigenvalue weighted by Gasteiger charge is 2.52. The van der Waals surface area contributed by atoms with Gasteiger partial charge in [-0.25, -0.2) is 4.79 Å². The second-order valence-electron chi connectivity index (χ2n) is 21.5. The number of nitrogens with one attached hydrogen (secondary N) is 1. The molecular weight excluding hydrogens is 1040 g/mol. The number of benzene rings is 4. The molecule has 0 saturated carbocycles. The molecule has 0 unspecified atom stereocenters. The minimum atomic E-state index is -0.562. The SMILES string of the molecule is CC(C)(C)OC(=O)n1cc(B2OC(C)(C)C(C)(C)O2)cn1.COc1cccc([C@@H](C)CC(=O)c2ccc(-c3cn[nH]c3)cc2OCCN(C)C)c1.COc1cccc([C@@H](C)CC(=O)c2ccc(Br)cc2OCCN(C)C)c1. The molecule has 0 aliphatic carbocycles. The Labute approximate surface area is 464 Å². The quantitative estimate of drug-likeness (QED) is 0.0566. The molecule has 18 heteroatoms. The number of nitrogens with zero attached hydrogens (tertiary/aromatic N) is 5. The Kier molecular flexibility index (Phi) is 22.3. The first-order chi connectivity index (χ1) is 36.3. The number of H-pyrrole nitrogens is 1. The summed E-state index contributed by atoms with van der Waals surface area (Å²) in [6.07, 6.45) is 7.00. The van der Waals surface area contributed by atoms with E-state index in [1.807, 2.05) is 178 Å². The third-order valence-corrected chi connectivity index (χ3v) is 13.5. The van der Waals surface area contributed by atoms with Gasteiger partial charge in [0.25, 0.3) is 0 Å². The fraction of sp³-hybridized carbons (Fsp3) is 0.441. The highest BCUT2D eigenvalue weighted by molar-refractivity contribution is 9.10. The molecule has 1 aliphatic heterocycles. The maximum atomic E-state index is 13.2. The third kappa shape index (κ3) is 18.4. The van der Waals surface area contributed by atoms with Crippen molar-refractivity contribution in [2.75, 3.05) is 68.7 Å². The number of hydrogen-bond acceptors (Lipinski definition) is 14. The molecule has 1 N–H and O–H groups in total. The van der Waals surface area contributed by atoms with Crippen molar-refractivity contribution in [1.82, 2.24) is 29.8 Å². The Bertz CT molecular complexity index is 2850. The van der Waals surface area contributed by atoms with Crippen LogP contribution in [-0.2, 0) is 14.0 Å². The molecule has 77 heavy (non-hydrogen) atoms. The minimum absolute atomic E-state index is 0.0592. The van der Waals surface area contributed by atoms with E-state index in [2.05, 4.69) is 45.1 Å². The average Bonchev–Trinajstić information content (AvgIpc) is 4.17. The standard InChI is InChI=1S/C24H29N3O3.C21H26BrNO3.C14H23BN2O4/c1-17(18-6-5-7-21(13-18)29-4)12-23(28)22-9-8-19(20-15-25-26-16-20)14-24(22)30-11-10-27(2)3;1-15(16-6-5-7-18(13-16)25-4)12-20(24)19-9-8-17(22)14-21(19)26-11-10-23(2)3;1-12(2,3)19-11(18)17-9-10(8-16-17)15-20-13(4,5)14(6,7)21-15/h5-9,13-17H,10-12H2,1-4H3,(H,25,26);5-9,13-15H,10-12H2,1-4H3;8-9H,1-7H3/t17-;15-;/m00./s1. The lowest BCUT2D eigenvalue weighted by atomic mass is 9.82. The van der Waals surface area contributed by atoms with Crippen LogP contribution in [0.25, 0.3) is 11.1 Å². The van der Waals surface area contributed by atoms with E-state index in [1.165, 1.54) is 0 Å². The lowest BCUT2D eigenvalue weighted by molar-refractivity contribution is 0.00578. The van der Waals surface area contributed by atoms with Gasteiger partial charge in [0.05, 0.1) is 42.7 Å². The molecule has 2 atom stereocenters. The summed E-state index contributed by atoms with van der Waals surface area (Å²) in [7, 11) is 10.7. The molecule has 6 aromatic rings. The molecule has 0 bridgehead atoms. The molecule has 0 spiro atoms. The second kappa shape index (κ2) is 27.8. The van der Waals surface area contributed by atoms with Crippen LogP contribution in [0.15, 0.2) is 114 Å². The normalized spacial score (nSPS) is 14.4. The molecule has 1 aliphatic rings. The van der Waals surface area contributed by atoms with Gasteiger partial charge in [-0.2, -0.15) is 14.9 Å². The molecule has 4 aromatic carbocycles. The molecule has 16 nitrogen and oxygen atoms in total. The number of rotatable bonds is 20. The lowest BCUT2D eigenvalue weighted by Crippen LogP contribution is -2.41. The van der Waals surface area contributed by atoms with Gasteiger partial charge in [0.15, 0.2) is 11.6 Å². The van der Waals surface area contributed by atoms with Gasteiger partial charge in [-0.1, -0.05) is 60.1 Å². The van der Waals surface area contributed by atoms with Gasteiger partial charge < -0.3 is 42.8 Å². The van der Waals surface area contributed by atoms with E-state index in [0.29, 0.717) is 54.1 Å². The number of hydrogen-bond donors (Lipinski definition) is 1. The van der Waals surface area contributed by atoms with Crippen LogP contribution in [0.2, 0.25) is 0 Å². The maximum Gasteiger partial charge on any atom is 0.498 e. The van der Waals surface area contributed by atoms with Gasteiger partial charge in [0.1, 0.15) is 41.8 Å². The Morgan fingerprint density at radius 1 is 0.714 bits per heavy atom. The highest BCUT2D eigenvalue weighted by Crippen LogP contribution is 2.37. The van der Waals surface area contributed by atoms with E-state index >= 15 is 0 Å². The molecule has 414 valence electrons. The lowest BCUT2D eigenvalue weighted by Gasteiger charge is -2.32. The van der Waals surface area contributed by atoms with E-state index in [0.717, 1.165) is 56.0 Å². The van der Waals surface area contributed by atoms with Crippen molar-refractivity contribution in [2.24, 2.45) is 0 Å². The summed E-state index contributed by atoms with van der Waals surface area (Å²) in [5.74, 6) is 3.13. The molecule has 0 amide bonds. The summed E-state index contributed by atoms with van der Waals surface area (Å²) >= 11 is 3.45. The largest absolute Gasteiger partial charge is 0.498 e. The predicted octanol–water partition coefficient (Wildman–Crippen LogP) is 11.1. The van der Waals surface area contributed by atoms with Crippen LogP contribution in [0.3, 0.4) is 0 Å². The summed E-state index contributed by atoms with van der Waals surface area (Å²) in [5.41, 5.74) is 4.59. The molecule has 3 heterocycles. The molecule has 2 aromatic heterocycles. The minimum Gasteiger partial charge on any atom is -0.497 e. The Morgan fingerprint density at radius 2 is 1.22 bits per heavy atom. The predicted molar refractivity (Wildman–Crippen MR) is 307 cm³/mol. The van der Waals surface area contributed by atoms with Crippen LogP contribution in [0.1, 0.15) is 119 Å². The fourth-order valence-electron chi connectivity index (χ4n) is 7.74. The first-order valence-corrected chi connectivity index (χ1v) is 26.5. The van der Waals surface area contributed by atoms with Crippen molar-refractivity contribution >= 4 is 46.2 Å². The summed E-state index contributed by atoms with van der Waals surface area (Å²) in [6, 6.07) is 27.0. The Hall–Kier alpha value is -6.31. The van der Waals surface area contributed by atoms with Crippen LogP contribution < -0.4 is 24.4 Å². The number of likely N-dealkylation sites (N-methyl/N-ethyl adjacent to an activating group) is 2. The Balaban J connectivity index is 0.000000216. The molecule has 0 radical (unpaired) electrons. The third-order valence-electron chi connectivity index (χ3n) is 13.0. The molecule has 1 saturated heterocycles. The fourth-order valence-corrected chi connectivity index (χ4v) is 8.08. The van der Waals surface area contributed by atoms with Crippen molar-refractivity contribution in [3.63, 3.8) is 0 Å². The number of aromatic nitrogens is 4. The highest BCUT2D eigenvalue weighted by atomic mass is 79.9. The number of halogens is 1.